The van der Waals surface area contributed by atoms with E-state index in [4.69, 9.17) is 0 Å². The molecule has 0 radical (unpaired) electrons. The van der Waals surface area contributed by atoms with E-state index >= 15 is 0 Å². The third kappa shape index (κ3) is 9.92. The fourth-order valence-corrected chi connectivity index (χ4v) is 8.49. The molecule has 1 aliphatic carbocycles. The molecule has 0 fully saturated rings. The normalized spacial score (nSPS) is 14.0. The minimum absolute atomic E-state index is 0. The molecule has 0 bridgehead atoms. The van der Waals surface area contributed by atoms with Crippen LogP contribution in [0.5, 0.6) is 0 Å². The van der Waals surface area contributed by atoms with Crippen LogP contribution in [0.3, 0.4) is 0 Å². The van der Waals surface area contributed by atoms with E-state index in [9.17, 15) is 0 Å². The van der Waals surface area contributed by atoms with Gasteiger partial charge in [-0.05, 0) is 16.7 Å². The fraction of sp³-hybridized carbons (Fsp3) is 0.519. The summed E-state index contributed by atoms with van der Waals surface area (Å²) in [7, 11) is -0.185. The second kappa shape index (κ2) is 14.5. The van der Waals surface area contributed by atoms with Gasteiger partial charge in [0.25, 0.3) is 0 Å². The smallest absolute Gasteiger partial charge is 1.00 e. The molecule has 2 aromatic carbocycles. The van der Waals surface area contributed by atoms with E-state index in [2.05, 4.69) is 110 Å². The van der Waals surface area contributed by atoms with Crippen LogP contribution in [0, 0.1) is 12.0 Å². The Balaban J connectivity index is 0. The van der Waals surface area contributed by atoms with Crippen LogP contribution in [0.2, 0.25) is 0 Å². The van der Waals surface area contributed by atoms with E-state index in [1.807, 2.05) is 0 Å². The van der Waals surface area contributed by atoms with Crippen molar-refractivity contribution in [3.05, 3.63) is 60.2 Å². The average Bonchev–Trinajstić information content (AvgIpc) is 3.22. The van der Waals surface area contributed by atoms with Crippen molar-refractivity contribution in [1.29, 1.82) is 0 Å². The van der Waals surface area contributed by atoms with E-state index < -0.39 is 0 Å². The molecule has 0 nitrogen and oxygen atoms in total. The maximum atomic E-state index is 3.35. The largest absolute Gasteiger partial charge is 4.00 e. The molecular weight excluding hydrogens is 517 g/mol. The van der Waals surface area contributed by atoms with Gasteiger partial charge in [-0.1, -0.05) is 81.7 Å². The molecule has 4 heteroatoms. The molecule has 3 rings (SSSR count). The van der Waals surface area contributed by atoms with Gasteiger partial charge in [0.1, 0.15) is 0 Å². The van der Waals surface area contributed by atoms with Crippen molar-refractivity contribution in [2.45, 2.75) is 85.0 Å². The summed E-state index contributed by atoms with van der Waals surface area (Å²) in [5.41, 5.74) is 1.42. The van der Waals surface area contributed by atoms with E-state index in [1.165, 1.54) is 29.2 Å². The number of fused-ring (bicyclic) bond motifs is 1. The molecule has 170 valence electrons. The maximum Gasteiger partial charge on any atom is 4.00 e. The molecule has 0 heterocycles. The summed E-state index contributed by atoms with van der Waals surface area (Å²) < 4.78 is 0. The van der Waals surface area contributed by atoms with Gasteiger partial charge in [0.2, 0.25) is 0 Å². The molecule has 2 aromatic rings. The number of hydrogen-bond donors (Lipinski definition) is 0. The van der Waals surface area contributed by atoms with Gasteiger partial charge in [-0.25, -0.2) is 11.6 Å². The van der Waals surface area contributed by atoms with Gasteiger partial charge in [0.15, 0.2) is 0 Å². The number of benzene rings is 1. The molecule has 1 atom stereocenters. The third-order valence-corrected chi connectivity index (χ3v) is 8.63. The Morgan fingerprint density at radius 2 is 1.61 bits per heavy atom. The fourth-order valence-electron chi connectivity index (χ4n) is 4.39. The van der Waals surface area contributed by atoms with Crippen molar-refractivity contribution < 1.29 is 51.0 Å². The maximum absolute atomic E-state index is 3.35. The molecule has 31 heavy (non-hydrogen) atoms. The minimum atomic E-state index is -0.185. The number of halogens is 2. The third-order valence-electron chi connectivity index (χ3n) is 5.18. The van der Waals surface area contributed by atoms with Crippen molar-refractivity contribution in [3.63, 3.8) is 0 Å². The van der Waals surface area contributed by atoms with Crippen LogP contribution in [0.4, 0.5) is 0 Å². The molecule has 0 amide bonds. The van der Waals surface area contributed by atoms with Gasteiger partial charge in [0, 0.05) is 0 Å². The van der Waals surface area contributed by atoms with Crippen molar-refractivity contribution in [3.8, 4) is 0 Å². The van der Waals surface area contributed by atoms with Gasteiger partial charge in [-0.2, -0.15) is 12.1 Å². The zero-order valence-corrected chi connectivity index (χ0v) is 25.4. The summed E-state index contributed by atoms with van der Waals surface area (Å²) in [4.78, 5) is 0. The first-order valence-corrected chi connectivity index (χ1v) is 12.1. The number of hydrogen-bond acceptors (Lipinski definition) is 0. The Hall–Kier alpha value is 0.203. The Morgan fingerprint density at radius 1 is 1.03 bits per heavy atom. The summed E-state index contributed by atoms with van der Waals surface area (Å²) in [6, 6.07) is 13.5. The second-order valence-corrected chi connectivity index (χ2v) is 13.8. The first-order valence-electron chi connectivity index (χ1n) is 10.8. The first kappa shape index (κ1) is 33.4. The summed E-state index contributed by atoms with van der Waals surface area (Å²) in [6.45, 7) is 18.8. The second-order valence-electron chi connectivity index (χ2n) is 9.95. The summed E-state index contributed by atoms with van der Waals surface area (Å²) in [5, 5.41) is 5.00. The standard InChI is InChI=1S/C17H24P.C10H15.2ClH.Zr/c1-16(2,3)18(17(4,5)6)15-11-13-9-7-8-10-14(13)12-15;1-3-6-9(2)10-7-4-5-8-10;;;/h7-12H,1-6H3;4,7,9H,3,5-6H2,1-2H3;2*1H;/q2*-1;;;+4/p-2. The monoisotopic (exact) mass is 554 g/mol. The van der Waals surface area contributed by atoms with Crippen molar-refractivity contribution in [2.24, 2.45) is 5.92 Å². The predicted octanol–water partition coefficient (Wildman–Crippen LogP) is 2.38. The van der Waals surface area contributed by atoms with Crippen LogP contribution in [-0.2, 0) is 26.2 Å². The van der Waals surface area contributed by atoms with Crippen LogP contribution in [0.15, 0.2) is 54.1 Å². The van der Waals surface area contributed by atoms with Crippen molar-refractivity contribution in [2.75, 3.05) is 0 Å². The molecule has 1 aliphatic rings. The van der Waals surface area contributed by atoms with E-state index in [-0.39, 0.29) is 58.9 Å². The Labute approximate surface area is 224 Å². The first-order chi connectivity index (χ1) is 13.0. The molecule has 0 N–H and O–H groups in total. The SMILES string of the molecule is CC(C)(C)P(c1cc2ccccc2[cH-]1)C(C)(C)C.CCCC(C)C1=[C-]CC=C1.[Cl-].[Cl-].[Zr+4]. The predicted molar refractivity (Wildman–Crippen MR) is 130 cm³/mol. The summed E-state index contributed by atoms with van der Waals surface area (Å²) >= 11 is 0. The van der Waals surface area contributed by atoms with Gasteiger partial charge < -0.3 is 24.8 Å². The summed E-state index contributed by atoms with van der Waals surface area (Å²) in [5.74, 6) is 0.726. The number of allylic oxidation sites excluding steroid dienone is 4. The molecule has 0 aromatic heterocycles. The van der Waals surface area contributed by atoms with Crippen LogP contribution < -0.4 is 30.1 Å². The Morgan fingerprint density at radius 3 is 2.06 bits per heavy atom. The van der Waals surface area contributed by atoms with Gasteiger partial charge in [-0.3, -0.25) is 6.08 Å². The van der Waals surface area contributed by atoms with Crippen LogP contribution in [0.25, 0.3) is 10.8 Å². The van der Waals surface area contributed by atoms with Gasteiger partial charge in [0.05, 0.1) is 0 Å². The van der Waals surface area contributed by atoms with Crippen LogP contribution >= 0.6 is 7.92 Å². The molecule has 1 unspecified atom stereocenters. The van der Waals surface area contributed by atoms with E-state index in [0.717, 1.165) is 12.3 Å². The van der Waals surface area contributed by atoms with Crippen molar-refractivity contribution >= 4 is 24.0 Å². The van der Waals surface area contributed by atoms with Crippen LogP contribution in [0.1, 0.15) is 74.7 Å². The quantitative estimate of drug-likeness (QED) is 0.401. The molecule has 0 saturated heterocycles. The van der Waals surface area contributed by atoms with Gasteiger partial charge in [-0.15, -0.1) is 46.8 Å². The minimum Gasteiger partial charge on any atom is -1.00 e. The summed E-state index contributed by atoms with van der Waals surface area (Å²) in [6.07, 6.45) is 11.3. The Bertz CT molecular complexity index is 775. The molecular formula is C27H39Cl2PZr. The van der Waals surface area contributed by atoms with E-state index in [1.54, 1.807) is 5.30 Å². The topological polar surface area (TPSA) is 0 Å². The molecule has 0 spiro atoms. The van der Waals surface area contributed by atoms with E-state index in [0.29, 0.717) is 10.3 Å². The average molecular weight is 557 g/mol. The zero-order chi connectivity index (χ0) is 20.9. The van der Waals surface area contributed by atoms with Gasteiger partial charge >= 0.3 is 26.2 Å². The van der Waals surface area contributed by atoms with Crippen LogP contribution in [-0.4, -0.2) is 10.3 Å². The molecule has 0 aliphatic heterocycles. The zero-order valence-electron chi connectivity index (χ0n) is 20.5. The Kier molecular flexibility index (Phi) is 15.6. The van der Waals surface area contributed by atoms with Crippen molar-refractivity contribution in [1.82, 2.24) is 0 Å². The number of rotatable bonds is 4. The molecule has 0 saturated carbocycles.